The molecule has 1 saturated heterocycles. The van der Waals surface area contributed by atoms with E-state index in [2.05, 4.69) is 0 Å². The molecular formula is C12H10ClNO2. The zero-order valence-electron chi connectivity index (χ0n) is 8.57. The van der Waals surface area contributed by atoms with Gasteiger partial charge in [0.15, 0.2) is 5.78 Å². The molecule has 2 aliphatic heterocycles. The van der Waals surface area contributed by atoms with Crippen LogP contribution in [0.25, 0.3) is 0 Å². The van der Waals surface area contributed by atoms with E-state index in [1.54, 1.807) is 23.1 Å². The standard InChI is InChI=1S/C12H10ClNO2/c13-8-1-2-9-7(5-8)6-14-10(12(9)16)3-4-11(14)15/h1-2,5,10H,3-4,6H2. The largest absolute Gasteiger partial charge is 0.328 e. The number of carbonyl (C=O) groups excluding carboxylic acids is 2. The lowest BCUT2D eigenvalue weighted by atomic mass is 9.93. The monoisotopic (exact) mass is 235 g/mol. The van der Waals surface area contributed by atoms with Crippen LogP contribution in [0.3, 0.4) is 0 Å². The summed E-state index contributed by atoms with van der Waals surface area (Å²) in [7, 11) is 0. The van der Waals surface area contributed by atoms with Crippen LogP contribution in [0.4, 0.5) is 0 Å². The lowest BCUT2D eigenvalue weighted by molar-refractivity contribution is -0.129. The minimum absolute atomic E-state index is 0.0590. The third-order valence-corrected chi connectivity index (χ3v) is 3.54. The molecule has 0 N–H and O–H groups in total. The fraction of sp³-hybridized carbons (Fsp3) is 0.333. The maximum Gasteiger partial charge on any atom is 0.223 e. The Morgan fingerprint density at radius 3 is 2.94 bits per heavy atom. The summed E-state index contributed by atoms with van der Waals surface area (Å²) in [6.07, 6.45) is 1.14. The van der Waals surface area contributed by atoms with Crippen LogP contribution in [0, 0.1) is 0 Å². The first-order chi connectivity index (χ1) is 7.66. The Bertz CT molecular complexity index is 498. The van der Waals surface area contributed by atoms with Crippen LogP contribution in [-0.4, -0.2) is 22.6 Å². The van der Waals surface area contributed by atoms with Crippen LogP contribution in [0.5, 0.6) is 0 Å². The van der Waals surface area contributed by atoms with E-state index in [1.807, 2.05) is 0 Å². The van der Waals surface area contributed by atoms with Crippen LogP contribution < -0.4 is 0 Å². The summed E-state index contributed by atoms with van der Waals surface area (Å²) < 4.78 is 0. The number of halogens is 1. The molecule has 4 heteroatoms. The summed E-state index contributed by atoms with van der Waals surface area (Å²) in [5.41, 5.74) is 1.59. The van der Waals surface area contributed by atoms with Gasteiger partial charge in [-0.2, -0.15) is 0 Å². The van der Waals surface area contributed by atoms with Crippen molar-refractivity contribution in [2.75, 3.05) is 0 Å². The van der Waals surface area contributed by atoms with Crippen LogP contribution >= 0.6 is 11.6 Å². The van der Waals surface area contributed by atoms with Crippen molar-refractivity contribution in [3.63, 3.8) is 0 Å². The van der Waals surface area contributed by atoms with Crippen LogP contribution in [0.2, 0.25) is 5.02 Å². The van der Waals surface area contributed by atoms with Crippen molar-refractivity contribution in [3.05, 3.63) is 34.3 Å². The number of carbonyl (C=O) groups is 2. The van der Waals surface area contributed by atoms with Gasteiger partial charge in [0, 0.05) is 23.6 Å². The zero-order chi connectivity index (χ0) is 11.3. The molecule has 0 aliphatic carbocycles. The molecule has 0 aromatic heterocycles. The highest BCUT2D eigenvalue weighted by atomic mass is 35.5. The number of ketones is 1. The highest BCUT2D eigenvalue weighted by Crippen LogP contribution is 2.32. The molecule has 3 rings (SSSR count). The van der Waals surface area contributed by atoms with E-state index in [1.165, 1.54) is 0 Å². The fourth-order valence-electron chi connectivity index (χ4n) is 2.50. The van der Waals surface area contributed by atoms with Gasteiger partial charge in [-0.25, -0.2) is 0 Å². The number of benzene rings is 1. The predicted molar refractivity (Wildman–Crippen MR) is 59.4 cm³/mol. The number of hydrogen-bond donors (Lipinski definition) is 0. The van der Waals surface area contributed by atoms with Crippen molar-refractivity contribution in [2.24, 2.45) is 0 Å². The van der Waals surface area contributed by atoms with Crippen molar-refractivity contribution in [1.82, 2.24) is 4.90 Å². The zero-order valence-corrected chi connectivity index (χ0v) is 9.33. The van der Waals surface area contributed by atoms with E-state index in [4.69, 9.17) is 11.6 Å². The summed E-state index contributed by atoms with van der Waals surface area (Å²) in [5, 5.41) is 0.608. The SMILES string of the molecule is O=C1c2ccc(Cl)cc2CN2C(=O)CCC12. The van der Waals surface area contributed by atoms with E-state index in [0.717, 1.165) is 11.1 Å². The van der Waals surface area contributed by atoms with Crippen LogP contribution in [-0.2, 0) is 11.3 Å². The molecule has 2 aliphatic rings. The normalized spacial score (nSPS) is 23.3. The minimum Gasteiger partial charge on any atom is -0.328 e. The van der Waals surface area contributed by atoms with E-state index in [9.17, 15) is 9.59 Å². The predicted octanol–water partition coefficient (Wildman–Crippen LogP) is 2.03. The summed E-state index contributed by atoms with van der Waals surface area (Å²) >= 11 is 5.89. The van der Waals surface area contributed by atoms with Crippen molar-refractivity contribution in [2.45, 2.75) is 25.4 Å². The topological polar surface area (TPSA) is 37.4 Å². The van der Waals surface area contributed by atoms with Crippen LogP contribution in [0.1, 0.15) is 28.8 Å². The second-order valence-electron chi connectivity index (χ2n) is 4.24. The highest BCUT2D eigenvalue weighted by Gasteiger charge is 2.40. The number of rotatable bonds is 0. The molecule has 1 fully saturated rings. The maximum absolute atomic E-state index is 12.1. The van der Waals surface area contributed by atoms with E-state index in [-0.39, 0.29) is 17.7 Å². The molecule has 1 unspecified atom stereocenters. The number of fused-ring (bicyclic) bond motifs is 2. The van der Waals surface area contributed by atoms with Gasteiger partial charge < -0.3 is 4.90 Å². The molecule has 0 saturated carbocycles. The number of amides is 1. The minimum atomic E-state index is -0.235. The third-order valence-electron chi connectivity index (χ3n) is 3.30. The summed E-state index contributed by atoms with van der Waals surface area (Å²) in [6.45, 7) is 0.519. The van der Waals surface area contributed by atoms with E-state index in [0.29, 0.717) is 24.4 Å². The Labute approximate surface area is 98.0 Å². The molecule has 1 amide bonds. The Morgan fingerprint density at radius 2 is 2.12 bits per heavy atom. The Kier molecular flexibility index (Phi) is 2.04. The van der Waals surface area contributed by atoms with Gasteiger partial charge in [0.05, 0.1) is 6.04 Å². The Balaban J connectivity index is 2.10. The van der Waals surface area contributed by atoms with Crippen molar-refractivity contribution < 1.29 is 9.59 Å². The summed E-state index contributed by atoms with van der Waals surface area (Å²) in [4.78, 5) is 25.4. The summed E-state index contributed by atoms with van der Waals surface area (Å²) in [6, 6.07) is 5.03. The van der Waals surface area contributed by atoms with Gasteiger partial charge in [-0.05, 0) is 30.2 Å². The average Bonchev–Trinajstić information content (AvgIpc) is 2.61. The van der Waals surface area contributed by atoms with Gasteiger partial charge in [0.25, 0.3) is 0 Å². The molecule has 1 aromatic carbocycles. The molecular weight excluding hydrogens is 226 g/mol. The molecule has 0 spiro atoms. The smallest absolute Gasteiger partial charge is 0.223 e. The number of hydrogen-bond acceptors (Lipinski definition) is 2. The molecule has 1 atom stereocenters. The second-order valence-corrected chi connectivity index (χ2v) is 4.68. The third kappa shape index (κ3) is 1.28. The maximum atomic E-state index is 12.1. The second kappa shape index (κ2) is 3.32. The average molecular weight is 236 g/mol. The van der Waals surface area contributed by atoms with E-state index >= 15 is 0 Å². The van der Waals surface area contributed by atoms with Gasteiger partial charge in [-0.15, -0.1) is 0 Å². The number of nitrogens with zero attached hydrogens (tertiary/aromatic N) is 1. The Hall–Kier alpha value is -1.35. The molecule has 1 aromatic rings. The summed E-state index contributed by atoms with van der Waals surface area (Å²) in [5.74, 6) is 0.132. The van der Waals surface area contributed by atoms with E-state index < -0.39 is 0 Å². The first-order valence-corrected chi connectivity index (χ1v) is 5.67. The lowest BCUT2D eigenvalue weighted by Crippen LogP contribution is -2.42. The highest BCUT2D eigenvalue weighted by molar-refractivity contribution is 6.30. The molecule has 3 nitrogen and oxygen atoms in total. The van der Waals surface area contributed by atoms with Gasteiger partial charge in [-0.3, -0.25) is 9.59 Å². The first kappa shape index (κ1) is 9.85. The van der Waals surface area contributed by atoms with Crippen molar-refractivity contribution in [1.29, 1.82) is 0 Å². The van der Waals surface area contributed by atoms with Gasteiger partial charge >= 0.3 is 0 Å². The van der Waals surface area contributed by atoms with Crippen LogP contribution in [0.15, 0.2) is 18.2 Å². The van der Waals surface area contributed by atoms with Gasteiger partial charge in [0.2, 0.25) is 5.91 Å². The van der Waals surface area contributed by atoms with Gasteiger partial charge in [0.1, 0.15) is 0 Å². The molecule has 0 radical (unpaired) electrons. The van der Waals surface area contributed by atoms with Crippen molar-refractivity contribution >= 4 is 23.3 Å². The molecule has 82 valence electrons. The molecule has 2 heterocycles. The number of Topliss-reactive ketones (excluding diaryl/α,β-unsaturated/α-hetero) is 1. The fourth-order valence-corrected chi connectivity index (χ4v) is 2.70. The Morgan fingerprint density at radius 1 is 1.31 bits per heavy atom. The first-order valence-electron chi connectivity index (χ1n) is 5.29. The van der Waals surface area contributed by atoms with Gasteiger partial charge in [-0.1, -0.05) is 11.6 Å². The molecule has 0 bridgehead atoms. The molecule has 16 heavy (non-hydrogen) atoms. The quantitative estimate of drug-likeness (QED) is 0.690. The van der Waals surface area contributed by atoms with Crippen molar-refractivity contribution in [3.8, 4) is 0 Å². The lowest BCUT2D eigenvalue weighted by Gasteiger charge is -2.30.